The second-order valence-corrected chi connectivity index (χ2v) is 8.57. The molecule has 2 aliphatic carbocycles. The average Bonchev–Trinajstić information content (AvgIpc) is 2.56. The highest BCUT2D eigenvalue weighted by Gasteiger charge is 2.30. The summed E-state index contributed by atoms with van der Waals surface area (Å²) in [5.74, 6) is 4.39. The van der Waals surface area contributed by atoms with E-state index in [9.17, 15) is 0 Å². The Morgan fingerprint density at radius 1 is 0.591 bits per heavy atom. The summed E-state index contributed by atoms with van der Waals surface area (Å²) in [6.45, 7) is 4.69. The zero-order chi connectivity index (χ0) is 15.6. The molecular weight excluding hydrogens is 264 g/mol. The molecule has 0 radical (unpaired) electrons. The van der Waals surface area contributed by atoms with Crippen molar-refractivity contribution in [1.82, 2.24) is 0 Å². The van der Waals surface area contributed by atoms with Crippen molar-refractivity contribution in [3.05, 3.63) is 0 Å². The molecule has 2 atom stereocenters. The van der Waals surface area contributed by atoms with Crippen molar-refractivity contribution in [2.45, 2.75) is 117 Å². The average molecular weight is 307 g/mol. The Morgan fingerprint density at radius 2 is 1.36 bits per heavy atom. The van der Waals surface area contributed by atoms with Crippen LogP contribution in [0.3, 0.4) is 0 Å². The van der Waals surface area contributed by atoms with E-state index < -0.39 is 0 Å². The molecule has 0 saturated heterocycles. The molecule has 0 heteroatoms. The molecule has 2 saturated carbocycles. The van der Waals surface area contributed by atoms with E-state index in [1.54, 1.807) is 44.9 Å². The van der Waals surface area contributed by atoms with Gasteiger partial charge in [0.2, 0.25) is 0 Å². The molecule has 0 N–H and O–H groups in total. The monoisotopic (exact) mass is 306 g/mol. The minimum atomic E-state index is 1.08. The Labute approximate surface area is 140 Å². The maximum absolute atomic E-state index is 2.37. The van der Waals surface area contributed by atoms with E-state index in [2.05, 4.69) is 13.8 Å². The van der Waals surface area contributed by atoms with Crippen LogP contribution in [0.1, 0.15) is 117 Å². The Balaban J connectivity index is 1.60. The van der Waals surface area contributed by atoms with Crippen molar-refractivity contribution in [3.8, 4) is 0 Å². The lowest BCUT2D eigenvalue weighted by Crippen LogP contribution is -2.26. The topological polar surface area (TPSA) is 0 Å². The molecule has 0 aliphatic heterocycles. The van der Waals surface area contributed by atoms with Gasteiger partial charge in [0.15, 0.2) is 0 Å². The van der Waals surface area contributed by atoms with E-state index >= 15 is 0 Å². The van der Waals surface area contributed by atoms with Gasteiger partial charge in [0.25, 0.3) is 0 Å². The molecule has 0 spiro atoms. The van der Waals surface area contributed by atoms with Crippen molar-refractivity contribution in [3.63, 3.8) is 0 Å². The summed E-state index contributed by atoms with van der Waals surface area (Å²) in [7, 11) is 0. The zero-order valence-electron chi connectivity index (χ0n) is 15.6. The first-order chi connectivity index (χ1) is 10.8. The fourth-order valence-electron chi connectivity index (χ4n) is 5.42. The van der Waals surface area contributed by atoms with Gasteiger partial charge in [0, 0.05) is 0 Å². The van der Waals surface area contributed by atoms with Crippen LogP contribution in [-0.2, 0) is 0 Å². The Kier molecular flexibility index (Phi) is 8.93. The van der Waals surface area contributed by atoms with Crippen LogP contribution < -0.4 is 0 Å². The smallest absolute Gasteiger partial charge is 0.0383 e. The molecule has 0 bridgehead atoms. The SMILES string of the molecule is CCCCCCCC1CCC([C@@H]2CCC[C@@H](CCC)C2)CC1. The summed E-state index contributed by atoms with van der Waals surface area (Å²) in [6.07, 6.45) is 24.3. The molecule has 0 nitrogen and oxygen atoms in total. The predicted octanol–water partition coefficient (Wildman–Crippen LogP) is 7.76. The third kappa shape index (κ3) is 6.25. The number of hydrogen-bond acceptors (Lipinski definition) is 0. The predicted molar refractivity (Wildman–Crippen MR) is 99.2 cm³/mol. The molecule has 0 aromatic carbocycles. The molecular formula is C22H42. The first-order valence-corrected chi connectivity index (χ1v) is 10.8. The van der Waals surface area contributed by atoms with Crippen LogP contribution in [0, 0.1) is 23.7 Å². The Hall–Kier alpha value is 0. The maximum Gasteiger partial charge on any atom is -0.0383 e. The summed E-state index contributed by atoms with van der Waals surface area (Å²) in [5, 5.41) is 0. The van der Waals surface area contributed by atoms with Crippen LogP contribution in [0.2, 0.25) is 0 Å². The molecule has 0 unspecified atom stereocenters. The lowest BCUT2D eigenvalue weighted by Gasteiger charge is -2.38. The third-order valence-electron chi connectivity index (χ3n) is 6.79. The summed E-state index contributed by atoms with van der Waals surface area (Å²) in [6, 6.07) is 0. The van der Waals surface area contributed by atoms with Crippen molar-refractivity contribution >= 4 is 0 Å². The van der Waals surface area contributed by atoms with Gasteiger partial charge in [0.1, 0.15) is 0 Å². The number of unbranched alkanes of at least 4 members (excludes halogenated alkanes) is 4. The van der Waals surface area contributed by atoms with Gasteiger partial charge in [-0.15, -0.1) is 0 Å². The number of rotatable bonds is 9. The molecule has 2 aliphatic rings. The van der Waals surface area contributed by atoms with Crippen LogP contribution in [0.5, 0.6) is 0 Å². The minimum Gasteiger partial charge on any atom is -0.0654 e. The summed E-state index contributed by atoms with van der Waals surface area (Å²) < 4.78 is 0. The largest absolute Gasteiger partial charge is 0.0654 e. The molecule has 0 aromatic heterocycles. The lowest BCUT2D eigenvalue weighted by atomic mass is 9.67. The van der Waals surface area contributed by atoms with Crippen molar-refractivity contribution in [2.75, 3.05) is 0 Å². The zero-order valence-corrected chi connectivity index (χ0v) is 15.6. The van der Waals surface area contributed by atoms with E-state index in [0.29, 0.717) is 0 Å². The highest BCUT2D eigenvalue weighted by Crippen LogP contribution is 2.43. The van der Waals surface area contributed by atoms with Crippen molar-refractivity contribution in [2.24, 2.45) is 23.7 Å². The van der Waals surface area contributed by atoms with E-state index in [4.69, 9.17) is 0 Å². The standard InChI is InChI=1S/C22H42/c1-3-5-6-7-8-11-19-14-16-21(17-15-19)22-13-9-12-20(18-22)10-4-2/h19-22H,3-18H2,1-2H3/t19?,20-,21?,22-/m1/s1. The van der Waals surface area contributed by atoms with Gasteiger partial charge in [-0.1, -0.05) is 97.3 Å². The molecule has 0 aromatic rings. The van der Waals surface area contributed by atoms with Crippen LogP contribution >= 0.6 is 0 Å². The highest BCUT2D eigenvalue weighted by molar-refractivity contribution is 4.82. The van der Waals surface area contributed by atoms with E-state index in [1.807, 2.05) is 0 Å². The number of hydrogen-bond donors (Lipinski definition) is 0. The molecule has 2 rings (SSSR count). The maximum atomic E-state index is 2.37. The molecule has 22 heavy (non-hydrogen) atoms. The van der Waals surface area contributed by atoms with E-state index in [0.717, 1.165) is 23.7 Å². The minimum absolute atomic E-state index is 1.08. The Bertz CT molecular complexity index is 259. The van der Waals surface area contributed by atoms with Gasteiger partial charge in [-0.3, -0.25) is 0 Å². The molecule has 0 amide bonds. The third-order valence-corrected chi connectivity index (χ3v) is 6.79. The fourth-order valence-corrected chi connectivity index (χ4v) is 5.42. The van der Waals surface area contributed by atoms with E-state index in [1.165, 1.54) is 57.8 Å². The van der Waals surface area contributed by atoms with Crippen LogP contribution in [-0.4, -0.2) is 0 Å². The van der Waals surface area contributed by atoms with Crippen LogP contribution in [0.15, 0.2) is 0 Å². The highest BCUT2D eigenvalue weighted by atomic mass is 14.4. The van der Waals surface area contributed by atoms with Crippen molar-refractivity contribution < 1.29 is 0 Å². The van der Waals surface area contributed by atoms with Gasteiger partial charge in [0.05, 0.1) is 0 Å². The van der Waals surface area contributed by atoms with Gasteiger partial charge < -0.3 is 0 Å². The summed E-state index contributed by atoms with van der Waals surface area (Å²) >= 11 is 0. The molecule has 0 heterocycles. The first-order valence-electron chi connectivity index (χ1n) is 10.8. The quantitative estimate of drug-likeness (QED) is 0.382. The van der Waals surface area contributed by atoms with Crippen LogP contribution in [0.4, 0.5) is 0 Å². The van der Waals surface area contributed by atoms with E-state index in [-0.39, 0.29) is 0 Å². The van der Waals surface area contributed by atoms with Gasteiger partial charge in [-0.2, -0.15) is 0 Å². The van der Waals surface area contributed by atoms with Gasteiger partial charge >= 0.3 is 0 Å². The van der Waals surface area contributed by atoms with Gasteiger partial charge in [-0.05, 0) is 42.9 Å². The fraction of sp³-hybridized carbons (Fsp3) is 1.00. The first kappa shape index (κ1) is 18.3. The molecule has 130 valence electrons. The molecule has 2 fully saturated rings. The Morgan fingerprint density at radius 3 is 2.09 bits per heavy atom. The van der Waals surface area contributed by atoms with Crippen molar-refractivity contribution in [1.29, 1.82) is 0 Å². The van der Waals surface area contributed by atoms with Gasteiger partial charge in [-0.25, -0.2) is 0 Å². The summed E-state index contributed by atoms with van der Waals surface area (Å²) in [4.78, 5) is 0. The van der Waals surface area contributed by atoms with Crippen LogP contribution in [0.25, 0.3) is 0 Å². The second kappa shape index (κ2) is 10.7. The lowest BCUT2D eigenvalue weighted by molar-refractivity contribution is 0.133. The second-order valence-electron chi connectivity index (χ2n) is 8.57. The summed E-state index contributed by atoms with van der Waals surface area (Å²) in [5.41, 5.74) is 0. The normalized spacial score (nSPS) is 33.0.